The lowest BCUT2D eigenvalue weighted by atomic mass is 10.2. The number of morpholine rings is 1. The van der Waals surface area contributed by atoms with Crippen LogP contribution in [0.25, 0.3) is 5.69 Å². The van der Waals surface area contributed by atoms with Crippen molar-refractivity contribution in [3.63, 3.8) is 0 Å². The van der Waals surface area contributed by atoms with Gasteiger partial charge < -0.3 is 14.7 Å². The van der Waals surface area contributed by atoms with E-state index in [4.69, 9.17) is 9.84 Å². The lowest BCUT2D eigenvalue weighted by Crippen LogP contribution is -2.48. The van der Waals surface area contributed by atoms with Crippen LogP contribution in [0.3, 0.4) is 0 Å². The van der Waals surface area contributed by atoms with E-state index >= 15 is 0 Å². The number of nitro benzene ring substituents is 1. The lowest BCUT2D eigenvalue weighted by molar-refractivity contribution is -0.384. The average molecular weight is 346 g/mol. The number of carboxylic acids is 1. The Morgan fingerprint density at radius 2 is 2.00 bits per heavy atom. The molecular weight excluding hydrogens is 332 g/mol. The van der Waals surface area contributed by atoms with Gasteiger partial charge in [-0.25, -0.2) is 9.48 Å². The van der Waals surface area contributed by atoms with Crippen LogP contribution in [0.2, 0.25) is 0 Å². The minimum atomic E-state index is -1.12. The summed E-state index contributed by atoms with van der Waals surface area (Å²) >= 11 is 0. The predicted molar refractivity (Wildman–Crippen MR) is 83.5 cm³/mol. The number of benzene rings is 1. The molecule has 0 radical (unpaired) electrons. The van der Waals surface area contributed by atoms with E-state index in [0.29, 0.717) is 5.69 Å². The Bertz CT molecular complexity index is 816. The normalized spacial score (nSPS) is 17.3. The summed E-state index contributed by atoms with van der Waals surface area (Å²) in [5, 5.41) is 23.8. The highest BCUT2D eigenvalue weighted by atomic mass is 16.6. The first-order chi connectivity index (χ1) is 12.0. The van der Waals surface area contributed by atoms with Gasteiger partial charge in [-0.3, -0.25) is 14.9 Å². The summed E-state index contributed by atoms with van der Waals surface area (Å²) in [4.78, 5) is 35.0. The van der Waals surface area contributed by atoms with Crippen LogP contribution in [0.1, 0.15) is 10.5 Å². The molecule has 0 aliphatic carbocycles. The van der Waals surface area contributed by atoms with Gasteiger partial charge >= 0.3 is 5.97 Å². The van der Waals surface area contributed by atoms with Crippen LogP contribution in [0.4, 0.5) is 5.69 Å². The Labute approximate surface area is 141 Å². The van der Waals surface area contributed by atoms with E-state index in [1.807, 2.05) is 0 Å². The number of nitrogens with zero attached hydrogens (tertiary/aromatic N) is 4. The lowest BCUT2D eigenvalue weighted by Gasteiger charge is -2.30. The van der Waals surface area contributed by atoms with Crippen LogP contribution in [0.5, 0.6) is 0 Å². The van der Waals surface area contributed by atoms with Crippen LogP contribution in [-0.2, 0) is 9.53 Å². The third-order valence-corrected chi connectivity index (χ3v) is 3.76. The molecule has 25 heavy (non-hydrogen) atoms. The first-order valence-electron chi connectivity index (χ1n) is 7.40. The Balaban J connectivity index is 1.75. The highest BCUT2D eigenvalue weighted by Crippen LogP contribution is 2.16. The van der Waals surface area contributed by atoms with Gasteiger partial charge in [0, 0.05) is 24.9 Å². The van der Waals surface area contributed by atoms with E-state index in [1.54, 1.807) is 6.20 Å². The highest BCUT2D eigenvalue weighted by Gasteiger charge is 2.30. The number of non-ortho nitro benzene ring substituents is 1. The topological polar surface area (TPSA) is 128 Å². The fourth-order valence-electron chi connectivity index (χ4n) is 2.45. The van der Waals surface area contributed by atoms with Crippen molar-refractivity contribution in [1.29, 1.82) is 0 Å². The quantitative estimate of drug-likeness (QED) is 0.637. The third kappa shape index (κ3) is 3.48. The molecule has 1 aromatic heterocycles. The van der Waals surface area contributed by atoms with Crippen molar-refractivity contribution < 1.29 is 24.4 Å². The molecule has 10 heteroatoms. The minimum Gasteiger partial charge on any atom is -0.479 e. The minimum absolute atomic E-state index is 0.0414. The van der Waals surface area contributed by atoms with Crippen molar-refractivity contribution in [3.8, 4) is 5.69 Å². The Hall–Kier alpha value is -3.27. The Morgan fingerprint density at radius 3 is 2.64 bits per heavy atom. The average Bonchev–Trinajstić information content (AvgIpc) is 3.11. The molecule has 2 aromatic rings. The molecule has 1 fully saturated rings. The van der Waals surface area contributed by atoms with E-state index in [-0.39, 0.29) is 31.1 Å². The fraction of sp³-hybridized carbons (Fsp3) is 0.267. The zero-order valence-corrected chi connectivity index (χ0v) is 12.9. The van der Waals surface area contributed by atoms with Gasteiger partial charge in [0.15, 0.2) is 11.8 Å². The summed E-state index contributed by atoms with van der Waals surface area (Å²) in [6.45, 7) is 0.386. The van der Waals surface area contributed by atoms with Gasteiger partial charge in [-0.05, 0) is 18.2 Å². The Morgan fingerprint density at radius 1 is 1.28 bits per heavy atom. The zero-order valence-electron chi connectivity index (χ0n) is 12.9. The standard InChI is InChI=1S/C15H14N4O6/c20-14(17-7-8-25-13(9-17)15(21)22)12-5-6-18(16-12)10-1-3-11(4-2-10)19(23)24/h1-6,13H,7-9H2,(H,21,22). The van der Waals surface area contributed by atoms with Gasteiger partial charge in [0.05, 0.1) is 23.8 Å². The second-order valence-corrected chi connectivity index (χ2v) is 5.37. The summed E-state index contributed by atoms with van der Waals surface area (Å²) in [5.41, 5.74) is 0.680. The van der Waals surface area contributed by atoms with E-state index in [2.05, 4.69) is 5.10 Å². The molecule has 0 saturated carbocycles. The maximum atomic E-state index is 12.5. The number of hydrogen-bond donors (Lipinski definition) is 1. The zero-order chi connectivity index (χ0) is 18.0. The maximum Gasteiger partial charge on any atom is 0.334 e. The molecule has 1 aromatic carbocycles. The van der Waals surface area contributed by atoms with Crippen molar-refractivity contribution in [2.75, 3.05) is 19.7 Å². The van der Waals surface area contributed by atoms with E-state index in [0.717, 1.165) is 0 Å². The number of ether oxygens (including phenoxy) is 1. The summed E-state index contributed by atoms with van der Waals surface area (Å²) in [6, 6.07) is 7.24. The van der Waals surface area contributed by atoms with Gasteiger partial charge in [0.1, 0.15) is 0 Å². The smallest absolute Gasteiger partial charge is 0.334 e. The number of aliphatic carboxylic acids is 1. The van der Waals surface area contributed by atoms with Gasteiger partial charge in [0.25, 0.3) is 11.6 Å². The summed E-state index contributed by atoms with van der Waals surface area (Å²) in [7, 11) is 0. The number of nitro groups is 1. The van der Waals surface area contributed by atoms with Crippen LogP contribution in [0, 0.1) is 10.1 Å². The van der Waals surface area contributed by atoms with Crippen LogP contribution >= 0.6 is 0 Å². The van der Waals surface area contributed by atoms with Crippen molar-refractivity contribution in [2.45, 2.75) is 6.10 Å². The molecule has 1 atom stereocenters. The molecule has 1 aliphatic heterocycles. The Kier molecular flexibility index (Phi) is 4.44. The van der Waals surface area contributed by atoms with Gasteiger partial charge in [0.2, 0.25) is 0 Å². The number of hydrogen-bond acceptors (Lipinski definition) is 6. The molecule has 1 unspecified atom stereocenters. The first kappa shape index (κ1) is 16.6. The second kappa shape index (κ2) is 6.69. The number of amides is 1. The molecule has 1 N–H and O–H groups in total. The molecular formula is C15H14N4O6. The first-order valence-corrected chi connectivity index (χ1v) is 7.40. The van der Waals surface area contributed by atoms with Gasteiger partial charge in [-0.1, -0.05) is 0 Å². The predicted octanol–water partition coefficient (Wildman–Crippen LogP) is 0.706. The third-order valence-electron chi connectivity index (χ3n) is 3.76. The molecule has 1 saturated heterocycles. The molecule has 3 rings (SSSR count). The summed E-state index contributed by atoms with van der Waals surface area (Å²) in [6.07, 6.45) is 0.512. The fourth-order valence-corrected chi connectivity index (χ4v) is 2.45. The molecule has 2 heterocycles. The highest BCUT2D eigenvalue weighted by molar-refractivity contribution is 5.92. The van der Waals surface area contributed by atoms with Crippen molar-refractivity contribution in [2.24, 2.45) is 0 Å². The molecule has 0 bridgehead atoms. The van der Waals surface area contributed by atoms with Crippen LogP contribution < -0.4 is 0 Å². The van der Waals surface area contributed by atoms with Crippen molar-refractivity contribution in [1.82, 2.24) is 14.7 Å². The largest absolute Gasteiger partial charge is 0.479 e. The second-order valence-electron chi connectivity index (χ2n) is 5.37. The molecule has 130 valence electrons. The maximum absolute atomic E-state index is 12.5. The van der Waals surface area contributed by atoms with Crippen LogP contribution in [-0.4, -0.2) is 62.4 Å². The van der Waals surface area contributed by atoms with Gasteiger partial charge in [-0.15, -0.1) is 0 Å². The van der Waals surface area contributed by atoms with E-state index in [9.17, 15) is 19.7 Å². The number of aromatic nitrogens is 2. The summed E-state index contributed by atoms with van der Waals surface area (Å²) < 4.78 is 6.51. The SMILES string of the molecule is O=C(O)C1CN(C(=O)c2ccn(-c3ccc([N+](=O)[O-])cc3)n2)CCO1. The van der Waals surface area contributed by atoms with Crippen molar-refractivity contribution in [3.05, 3.63) is 52.3 Å². The number of carbonyl (C=O) groups excluding carboxylic acids is 1. The number of carboxylic acid groups (broad SMARTS) is 1. The number of carbonyl (C=O) groups is 2. The molecule has 10 nitrogen and oxygen atoms in total. The monoisotopic (exact) mass is 346 g/mol. The number of rotatable bonds is 4. The van der Waals surface area contributed by atoms with Crippen LogP contribution in [0.15, 0.2) is 36.5 Å². The molecule has 0 spiro atoms. The molecule has 1 amide bonds. The van der Waals surface area contributed by atoms with E-state index in [1.165, 1.54) is 39.9 Å². The van der Waals surface area contributed by atoms with Crippen molar-refractivity contribution >= 4 is 17.6 Å². The van der Waals surface area contributed by atoms with Gasteiger partial charge in [-0.2, -0.15) is 5.10 Å². The van der Waals surface area contributed by atoms with E-state index < -0.39 is 22.9 Å². The summed E-state index contributed by atoms with van der Waals surface area (Å²) in [5.74, 6) is -1.51. The molecule has 1 aliphatic rings.